The Kier molecular flexibility index (Phi) is 3.98. The van der Waals surface area contributed by atoms with Crippen LogP contribution < -0.4 is 5.48 Å². The molecule has 3 heteroatoms. The van der Waals surface area contributed by atoms with Gasteiger partial charge < -0.3 is 0 Å². The Morgan fingerprint density at radius 3 is 3.00 bits per heavy atom. The van der Waals surface area contributed by atoms with Crippen LogP contribution in [-0.4, -0.2) is 12.6 Å². The predicted octanol–water partition coefficient (Wildman–Crippen LogP) is 2.75. The second-order valence-electron chi connectivity index (χ2n) is 3.75. The predicted molar refractivity (Wildman–Crippen MR) is 59.4 cm³/mol. The third-order valence-corrected chi connectivity index (χ3v) is 3.54. The van der Waals surface area contributed by atoms with Gasteiger partial charge in [-0.25, -0.2) is 5.48 Å². The summed E-state index contributed by atoms with van der Waals surface area (Å²) in [6.45, 7) is 0.928. The van der Waals surface area contributed by atoms with E-state index in [4.69, 9.17) is 4.84 Å². The third-order valence-electron chi connectivity index (χ3n) is 2.61. The van der Waals surface area contributed by atoms with Crippen LogP contribution in [0.2, 0.25) is 0 Å². The van der Waals surface area contributed by atoms with E-state index in [1.807, 2.05) is 11.3 Å². The smallest absolute Gasteiger partial charge is 0.0790 e. The quantitative estimate of drug-likeness (QED) is 0.597. The summed E-state index contributed by atoms with van der Waals surface area (Å²) in [5.41, 5.74) is 3.07. The molecule has 1 aromatic heterocycles. The molecule has 1 aromatic rings. The van der Waals surface area contributed by atoms with Gasteiger partial charge in [0.05, 0.1) is 6.10 Å². The van der Waals surface area contributed by atoms with Gasteiger partial charge in [-0.15, -0.1) is 11.3 Å². The minimum absolute atomic E-state index is 0.471. The molecule has 1 fully saturated rings. The van der Waals surface area contributed by atoms with Crippen molar-refractivity contribution >= 4 is 11.3 Å². The molecule has 2 rings (SSSR count). The van der Waals surface area contributed by atoms with Gasteiger partial charge in [0.25, 0.3) is 0 Å². The van der Waals surface area contributed by atoms with Crippen LogP contribution in [0.3, 0.4) is 0 Å². The van der Waals surface area contributed by atoms with Crippen LogP contribution in [0.5, 0.6) is 0 Å². The third kappa shape index (κ3) is 3.08. The highest BCUT2D eigenvalue weighted by Crippen LogP contribution is 2.19. The molecule has 0 aromatic carbocycles. The number of hydrogen-bond acceptors (Lipinski definition) is 3. The van der Waals surface area contributed by atoms with Crippen LogP contribution in [0.15, 0.2) is 17.5 Å². The molecule has 1 N–H and O–H groups in total. The highest BCUT2D eigenvalue weighted by atomic mass is 32.1. The summed E-state index contributed by atoms with van der Waals surface area (Å²) in [4.78, 5) is 6.98. The summed E-state index contributed by atoms with van der Waals surface area (Å²) < 4.78 is 0. The summed E-state index contributed by atoms with van der Waals surface area (Å²) in [7, 11) is 0. The first-order chi connectivity index (χ1) is 6.95. The van der Waals surface area contributed by atoms with Crippen LogP contribution in [0.1, 0.15) is 30.6 Å². The van der Waals surface area contributed by atoms with Crippen LogP contribution in [-0.2, 0) is 11.3 Å². The molecule has 78 valence electrons. The van der Waals surface area contributed by atoms with Gasteiger partial charge in [0.1, 0.15) is 0 Å². The van der Waals surface area contributed by atoms with E-state index in [2.05, 4.69) is 23.0 Å². The van der Waals surface area contributed by atoms with Gasteiger partial charge in [-0.1, -0.05) is 18.9 Å². The lowest BCUT2D eigenvalue weighted by Crippen LogP contribution is -2.23. The number of nitrogens with one attached hydrogen (secondary N) is 1. The maximum atomic E-state index is 5.56. The molecule has 14 heavy (non-hydrogen) atoms. The largest absolute Gasteiger partial charge is 0.299 e. The van der Waals surface area contributed by atoms with E-state index in [0.29, 0.717) is 6.10 Å². The normalized spacial score (nSPS) is 17.7. The van der Waals surface area contributed by atoms with Crippen molar-refractivity contribution in [2.24, 2.45) is 0 Å². The first-order valence-corrected chi connectivity index (χ1v) is 6.24. The SMILES string of the molecule is c1csc(CCNOC2CCCC2)c1. The molecular formula is C11H17NOS. The van der Waals surface area contributed by atoms with Crippen LogP contribution >= 0.6 is 11.3 Å². The van der Waals surface area contributed by atoms with E-state index in [1.165, 1.54) is 30.6 Å². The number of rotatable bonds is 5. The molecule has 1 aliphatic carbocycles. The van der Waals surface area contributed by atoms with Crippen molar-refractivity contribution < 1.29 is 4.84 Å². The van der Waals surface area contributed by atoms with E-state index >= 15 is 0 Å². The highest BCUT2D eigenvalue weighted by molar-refractivity contribution is 7.09. The zero-order valence-corrected chi connectivity index (χ0v) is 9.19. The Bertz CT molecular complexity index is 242. The van der Waals surface area contributed by atoms with E-state index in [-0.39, 0.29) is 0 Å². The molecule has 1 heterocycles. The summed E-state index contributed by atoms with van der Waals surface area (Å²) >= 11 is 1.81. The van der Waals surface area contributed by atoms with E-state index < -0.39 is 0 Å². The molecule has 0 unspecified atom stereocenters. The maximum Gasteiger partial charge on any atom is 0.0790 e. The van der Waals surface area contributed by atoms with Crippen molar-refractivity contribution in [2.75, 3.05) is 6.54 Å². The zero-order chi connectivity index (χ0) is 9.64. The van der Waals surface area contributed by atoms with Gasteiger partial charge in [-0.3, -0.25) is 4.84 Å². The van der Waals surface area contributed by atoms with Crippen molar-refractivity contribution in [1.82, 2.24) is 5.48 Å². The molecule has 0 amide bonds. The molecule has 0 spiro atoms. The first-order valence-electron chi connectivity index (χ1n) is 5.36. The minimum atomic E-state index is 0.471. The lowest BCUT2D eigenvalue weighted by Gasteiger charge is -2.10. The van der Waals surface area contributed by atoms with E-state index in [1.54, 1.807) is 0 Å². The van der Waals surface area contributed by atoms with Gasteiger partial charge >= 0.3 is 0 Å². The average molecular weight is 211 g/mol. The molecule has 0 saturated heterocycles. The maximum absolute atomic E-state index is 5.56. The van der Waals surface area contributed by atoms with Crippen LogP contribution in [0, 0.1) is 0 Å². The summed E-state index contributed by atoms with van der Waals surface area (Å²) in [6, 6.07) is 4.26. The molecule has 2 nitrogen and oxygen atoms in total. The number of hydroxylamine groups is 1. The molecule has 0 atom stereocenters. The second kappa shape index (κ2) is 5.49. The fourth-order valence-electron chi connectivity index (χ4n) is 1.81. The molecule has 1 aliphatic rings. The fraction of sp³-hybridized carbons (Fsp3) is 0.636. The zero-order valence-electron chi connectivity index (χ0n) is 8.37. The van der Waals surface area contributed by atoms with Gasteiger partial charge in [0.2, 0.25) is 0 Å². The molecule has 1 saturated carbocycles. The van der Waals surface area contributed by atoms with Gasteiger partial charge in [0.15, 0.2) is 0 Å². The van der Waals surface area contributed by atoms with Crippen LogP contribution in [0.25, 0.3) is 0 Å². The average Bonchev–Trinajstić information content (AvgIpc) is 2.86. The summed E-state index contributed by atoms with van der Waals surface area (Å²) in [5, 5.41) is 2.12. The van der Waals surface area contributed by atoms with Crippen molar-refractivity contribution in [1.29, 1.82) is 0 Å². The first kappa shape index (κ1) is 10.1. The Labute approximate surface area is 89.2 Å². The molecule has 0 bridgehead atoms. The number of thiophene rings is 1. The van der Waals surface area contributed by atoms with Crippen molar-refractivity contribution in [3.63, 3.8) is 0 Å². The lowest BCUT2D eigenvalue weighted by atomic mass is 10.3. The lowest BCUT2D eigenvalue weighted by molar-refractivity contribution is -0.0197. The van der Waals surface area contributed by atoms with E-state index in [0.717, 1.165) is 13.0 Å². The van der Waals surface area contributed by atoms with Crippen LogP contribution in [0.4, 0.5) is 0 Å². The molecular weight excluding hydrogens is 194 g/mol. The van der Waals surface area contributed by atoms with E-state index in [9.17, 15) is 0 Å². The van der Waals surface area contributed by atoms with Crippen molar-refractivity contribution in [2.45, 2.75) is 38.2 Å². The molecule has 0 aliphatic heterocycles. The Morgan fingerprint density at radius 2 is 2.29 bits per heavy atom. The highest BCUT2D eigenvalue weighted by Gasteiger charge is 2.14. The summed E-state index contributed by atoms with van der Waals surface area (Å²) in [6.07, 6.45) is 6.66. The Hall–Kier alpha value is -0.380. The topological polar surface area (TPSA) is 21.3 Å². The second-order valence-corrected chi connectivity index (χ2v) is 4.78. The Balaban J connectivity index is 1.55. The standard InChI is InChI=1S/C11H17NOS/c1-2-5-10(4-1)13-12-8-7-11-6-3-9-14-11/h3,6,9-10,12H,1-2,4-5,7-8H2. The Morgan fingerprint density at radius 1 is 1.43 bits per heavy atom. The van der Waals surface area contributed by atoms with Crippen molar-refractivity contribution in [3.05, 3.63) is 22.4 Å². The molecule has 0 radical (unpaired) electrons. The number of hydrogen-bond donors (Lipinski definition) is 1. The van der Waals surface area contributed by atoms with Gasteiger partial charge in [-0.2, -0.15) is 0 Å². The van der Waals surface area contributed by atoms with Gasteiger partial charge in [-0.05, 0) is 30.7 Å². The van der Waals surface area contributed by atoms with Crippen molar-refractivity contribution in [3.8, 4) is 0 Å². The monoisotopic (exact) mass is 211 g/mol. The minimum Gasteiger partial charge on any atom is -0.299 e. The van der Waals surface area contributed by atoms with Gasteiger partial charge in [0, 0.05) is 11.4 Å². The fourth-order valence-corrected chi connectivity index (χ4v) is 2.52. The summed E-state index contributed by atoms with van der Waals surface area (Å²) in [5.74, 6) is 0.